The lowest BCUT2D eigenvalue weighted by molar-refractivity contribution is -0.145. The molecule has 0 saturated carbocycles. The number of rotatable bonds is 9. The van der Waals surface area contributed by atoms with Gasteiger partial charge in [0.05, 0.1) is 0 Å². The minimum atomic E-state index is -0.800. The van der Waals surface area contributed by atoms with Crippen LogP contribution in [0.15, 0.2) is 34.8 Å². The molecule has 0 amide bonds. The minimum Gasteiger partial charge on any atom is -0.461 e. The molecule has 0 radical (unpaired) electrons. The second-order valence-corrected chi connectivity index (χ2v) is 8.62. The average molecular weight is 431 g/mol. The first kappa shape index (κ1) is 26.3. The van der Waals surface area contributed by atoms with Gasteiger partial charge in [-0.25, -0.2) is 4.79 Å². The van der Waals surface area contributed by atoms with E-state index in [4.69, 9.17) is 19.0 Å². The minimum absolute atomic E-state index is 0.00480. The van der Waals surface area contributed by atoms with Gasteiger partial charge in [0.25, 0.3) is 0 Å². The summed E-state index contributed by atoms with van der Waals surface area (Å²) in [6.07, 6.45) is 0.884. The number of hydrogen-bond acceptors (Lipinski definition) is 6. The molecule has 1 aromatic heterocycles. The second-order valence-electron chi connectivity index (χ2n) is 8.62. The summed E-state index contributed by atoms with van der Waals surface area (Å²) in [5.74, 6) is 5.30. The number of aliphatic hydroxyl groups excluding tert-OH is 1. The Kier molecular flexibility index (Phi) is 9.80. The summed E-state index contributed by atoms with van der Waals surface area (Å²) >= 11 is 0. The topological polar surface area (TPSA) is 86.0 Å². The highest BCUT2D eigenvalue weighted by molar-refractivity contribution is 5.91. The molecule has 0 saturated heterocycles. The van der Waals surface area contributed by atoms with E-state index in [1.54, 1.807) is 33.8 Å². The number of carbonyl (C=O) groups is 2. The molecule has 1 N–H and O–H groups in total. The Bertz CT molecular complexity index is 872. The second kappa shape index (κ2) is 11.6. The number of carbonyl (C=O) groups excluding carboxylic acids is 2. The van der Waals surface area contributed by atoms with Gasteiger partial charge in [-0.2, -0.15) is 0 Å². The molecule has 0 aliphatic heterocycles. The summed E-state index contributed by atoms with van der Waals surface area (Å²) in [5, 5.41) is 8.83. The van der Waals surface area contributed by atoms with Crippen molar-refractivity contribution in [3.63, 3.8) is 0 Å². The normalized spacial score (nSPS) is 12.9. The molecule has 31 heavy (non-hydrogen) atoms. The van der Waals surface area contributed by atoms with Crippen LogP contribution in [-0.2, 0) is 20.7 Å². The summed E-state index contributed by atoms with van der Waals surface area (Å²) in [4.78, 5) is 24.4. The van der Waals surface area contributed by atoms with Crippen molar-refractivity contribution in [2.24, 2.45) is 5.92 Å². The predicted octanol–water partition coefficient (Wildman–Crippen LogP) is 4.93. The van der Waals surface area contributed by atoms with E-state index in [2.05, 4.69) is 25.0 Å². The first-order valence-corrected chi connectivity index (χ1v) is 10.3. The summed E-state index contributed by atoms with van der Waals surface area (Å²) in [5.41, 5.74) is 1.11. The highest BCUT2D eigenvalue weighted by Crippen LogP contribution is 2.32. The molecule has 6 nitrogen and oxygen atoms in total. The van der Waals surface area contributed by atoms with Crippen molar-refractivity contribution in [3.05, 3.63) is 47.5 Å². The molecule has 2 atom stereocenters. The average Bonchev–Trinajstić information content (AvgIpc) is 3.04. The quantitative estimate of drug-likeness (QED) is 0.340. The number of ether oxygens (including phenoxy) is 2. The Morgan fingerprint density at radius 3 is 2.29 bits per heavy atom. The van der Waals surface area contributed by atoms with Gasteiger partial charge >= 0.3 is 11.9 Å². The largest absolute Gasteiger partial charge is 0.461 e. The zero-order valence-corrected chi connectivity index (χ0v) is 19.5. The number of esters is 2. The molecule has 0 aromatic carbocycles. The molecule has 1 aromatic rings. The zero-order chi connectivity index (χ0) is 23.8. The lowest BCUT2D eigenvalue weighted by atomic mass is 9.91. The van der Waals surface area contributed by atoms with Crippen LogP contribution in [0.5, 0.6) is 0 Å². The molecule has 0 aliphatic carbocycles. The van der Waals surface area contributed by atoms with Crippen molar-refractivity contribution >= 4 is 11.9 Å². The molecule has 0 spiro atoms. The smallest absolute Gasteiger partial charge is 0.342 e. The third-order valence-electron chi connectivity index (χ3n) is 4.39. The monoisotopic (exact) mass is 430 g/mol. The van der Waals surface area contributed by atoms with Crippen LogP contribution in [-0.4, -0.2) is 29.3 Å². The third kappa shape index (κ3) is 8.85. The van der Waals surface area contributed by atoms with Crippen molar-refractivity contribution < 1.29 is 28.6 Å². The first-order valence-electron chi connectivity index (χ1n) is 10.3. The Morgan fingerprint density at radius 1 is 1.16 bits per heavy atom. The highest BCUT2D eigenvalue weighted by atomic mass is 16.6. The number of allylic oxidation sites excluding steroid dienone is 1. The van der Waals surface area contributed by atoms with E-state index in [0.29, 0.717) is 36.4 Å². The lowest BCUT2D eigenvalue weighted by Crippen LogP contribution is -2.24. The van der Waals surface area contributed by atoms with Crippen LogP contribution < -0.4 is 0 Å². The number of aliphatic hydroxyl groups is 1. The van der Waals surface area contributed by atoms with Gasteiger partial charge in [0.1, 0.15) is 29.3 Å². The molecule has 1 rings (SSSR count). The SMILES string of the molecule is C=C(C)C(CCC#CCO)Cc1oc(C(OC(C)=O)C(=C)C)cc1C(=O)OC(C)(C)C. The maximum atomic E-state index is 12.9. The fraction of sp³-hybridized carbons (Fsp3) is 0.520. The van der Waals surface area contributed by atoms with Crippen LogP contribution >= 0.6 is 0 Å². The van der Waals surface area contributed by atoms with Gasteiger partial charge < -0.3 is 19.0 Å². The highest BCUT2D eigenvalue weighted by Gasteiger charge is 2.29. The molecule has 1 heterocycles. The third-order valence-corrected chi connectivity index (χ3v) is 4.39. The Balaban J connectivity index is 3.34. The van der Waals surface area contributed by atoms with Gasteiger partial charge in [-0.1, -0.05) is 24.7 Å². The molecule has 2 unspecified atom stereocenters. The van der Waals surface area contributed by atoms with E-state index in [1.807, 2.05) is 6.92 Å². The van der Waals surface area contributed by atoms with E-state index in [9.17, 15) is 9.59 Å². The van der Waals surface area contributed by atoms with Gasteiger partial charge in [-0.15, -0.1) is 5.92 Å². The Labute approximate surface area is 185 Å². The van der Waals surface area contributed by atoms with Crippen LogP contribution in [0.3, 0.4) is 0 Å². The fourth-order valence-electron chi connectivity index (χ4n) is 2.94. The predicted molar refractivity (Wildman–Crippen MR) is 119 cm³/mol. The Morgan fingerprint density at radius 2 is 1.81 bits per heavy atom. The van der Waals surface area contributed by atoms with E-state index in [1.165, 1.54) is 6.92 Å². The first-order chi connectivity index (χ1) is 14.4. The fourth-order valence-corrected chi connectivity index (χ4v) is 2.94. The van der Waals surface area contributed by atoms with Crippen LogP contribution in [0.1, 0.15) is 82.4 Å². The zero-order valence-electron chi connectivity index (χ0n) is 19.5. The molecular formula is C25H34O6. The number of furan rings is 1. The van der Waals surface area contributed by atoms with E-state index in [-0.39, 0.29) is 18.1 Å². The summed E-state index contributed by atoms with van der Waals surface area (Å²) in [7, 11) is 0. The molecule has 0 aliphatic rings. The van der Waals surface area contributed by atoms with Gasteiger partial charge in [0.15, 0.2) is 6.10 Å². The van der Waals surface area contributed by atoms with Crippen molar-refractivity contribution in [1.29, 1.82) is 0 Å². The van der Waals surface area contributed by atoms with Crippen molar-refractivity contribution in [3.8, 4) is 11.8 Å². The summed E-state index contributed by atoms with van der Waals surface area (Å²) in [6, 6.07) is 1.56. The molecule has 0 fully saturated rings. The molecule has 0 bridgehead atoms. The van der Waals surface area contributed by atoms with E-state index < -0.39 is 23.6 Å². The standard InChI is InChI=1S/C25H34O6/c1-16(2)19(12-10-9-11-13-26)14-21-20(24(28)31-25(6,7)8)15-22(30-21)23(17(3)4)29-18(5)27/h15,19,23,26H,1,3,10,12-14H2,2,4-8H3. The molecule has 170 valence electrons. The van der Waals surface area contributed by atoms with Gasteiger partial charge in [0.2, 0.25) is 0 Å². The van der Waals surface area contributed by atoms with Crippen LogP contribution in [0, 0.1) is 17.8 Å². The maximum Gasteiger partial charge on any atom is 0.342 e. The maximum absolute atomic E-state index is 12.9. The van der Waals surface area contributed by atoms with Gasteiger partial charge in [-0.3, -0.25) is 4.79 Å². The lowest BCUT2D eigenvalue weighted by Gasteiger charge is -2.20. The van der Waals surface area contributed by atoms with E-state index >= 15 is 0 Å². The van der Waals surface area contributed by atoms with Gasteiger partial charge in [0, 0.05) is 19.8 Å². The van der Waals surface area contributed by atoms with Crippen LogP contribution in [0.2, 0.25) is 0 Å². The van der Waals surface area contributed by atoms with E-state index in [0.717, 1.165) is 5.57 Å². The summed E-state index contributed by atoms with van der Waals surface area (Å²) < 4.78 is 16.9. The van der Waals surface area contributed by atoms with Crippen molar-refractivity contribution in [2.45, 2.75) is 72.5 Å². The van der Waals surface area contributed by atoms with Gasteiger partial charge in [-0.05, 0) is 58.6 Å². The summed E-state index contributed by atoms with van der Waals surface area (Å²) in [6.45, 7) is 18.1. The Hall–Kier alpha value is -2.78. The molecule has 6 heteroatoms. The van der Waals surface area contributed by atoms with Crippen molar-refractivity contribution in [2.75, 3.05) is 6.61 Å². The number of hydrogen-bond donors (Lipinski definition) is 1. The molecular weight excluding hydrogens is 396 g/mol. The van der Waals surface area contributed by atoms with Crippen molar-refractivity contribution in [1.82, 2.24) is 0 Å². The van der Waals surface area contributed by atoms with Crippen LogP contribution in [0.4, 0.5) is 0 Å². The van der Waals surface area contributed by atoms with Crippen LogP contribution in [0.25, 0.3) is 0 Å².